The number of aliphatic hydroxyl groups excluding tert-OH is 1. The number of benzene rings is 1. The molecule has 4 N–H and O–H groups in total. The molecule has 1 aromatic carbocycles. The summed E-state index contributed by atoms with van der Waals surface area (Å²) in [6.45, 7) is 6.97. The summed E-state index contributed by atoms with van der Waals surface area (Å²) in [6.07, 6.45) is 1.65. The molecule has 0 fully saturated rings. The van der Waals surface area contributed by atoms with Crippen molar-refractivity contribution in [2.24, 2.45) is 5.73 Å². The zero-order valence-electron chi connectivity index (χ0n) is 12.6. The zero-order chi connectivity index (χ0) is 14.8. The molecule has 20 heavy (non-hydrogen) atoms. The first-order valence-electron chi connectivity index (χ1n) is 7.34. The number of hydrogen-bond acceptors (Lipinski definition) is 4. The molecule has 112 valence electrons. The monoisotopic (exact) mass is 278 g/mol. The third kappa shape index (κ3) is 3.32. The van der Waals surface area contributed by atoms with Gasteiger partial charge in [-0.05, 0) is 32.8 Å². The number of ether oxygens (including phenoxy) is 1. The van der Waals surface area contributed by atoms with Crippen molar-refractivity contribution in [1.29, 1.82) is 0 Å². The number of rotatable bonds is 6. The second-order valence-corrected chi connectivity index (χ2v) is 6.24. The van der Waals surface area contributed by atoms with E-state index in [-0.39, 0.29) is 24.3 Å². The number of aliphatic hydroxyl groups is 1. The summed E-state index contributed by atoms with van der Waals surface area (Å²) in [5.74, 6) is 0.983. The van der Waals surface area contributed by atoms with Crippen LogP contribution in [0, 0.1) is 0 Å². The largest absolute Gasteiger partial charge is 0.487 e. The van der Waals surface area contributed by atoms with Crippen LogP contribution in [0.15, 0.2) is 18.2 Å². The van der Waals surface area contributed by atoms with Crippen molar-refractivity contribution < 1.29 is 9.84 Å². The topological polar surface area (TPSA) is 67.5 Å². The van der Waals surface area contributed by atoms with E-state index in [2.05, 4.69) is 44.3 Å². The molecule has 0 bridgehead atoms. The van der Waals surface area contributed by atoms with Gasteiger partial charge in [0.2, 0.25) is 0 Å². The molecule has 1 aliphatic rings. The van der Waals surface area contributed by atoms with Gasteiger partial charge in [0.15, 0.2) is 0 Å². The predicted molar refractivity (Wildman–Crippen MR) is 80.9 cm³/mol. The van der Waals surface area contributed by atoms with E-state index in [0.717, 1.165) is 24.2 Å². The van der Waals surface area contributed by atoms with Crippen LogP contribution < -0.4 is 15.8 Å². The highest BCUT2D eigenvalue weighted by molar-refractivity contribution is 5.47. The van der Waals surface area contributed by atoms with Crippen LogP contribution in [0.4, 0.5) is 0 Å². The van der Waals surface area contributed by atoms with Crippen LogP contribution in [0.3, 0.4) is 0 Å². The lowest BCUT2D eigenvalue weighted by molar-refractivity contribution is 0.136. The van der Waals surface area contributed by atoms with Gasteiger partial charge in [-0.25, -0.2) is 0 Å². The predicted octanol–water partition coefficient (Wildman–Crippen LogP) is 1.76. The average Bonchev–Trinajstić information content (AvgIpc) is 2.70. The molecule has 4 heteroatoms. The summed E-state index contributed by atoms with van der Waals surface area (Å²) in [7, 11) is 0. The van der Waals surface area contributed by atoms with Crippen LogP contribution in [-0.2, 0) is 6.42 Å². The van der Waals surface area contributed by atoms with Crippen molar-refractivity contribution in [1.82, 2.24) is 5.32 Å². The second-order valence-electron chi connectivity index (χ2n) is 6.24. The lowest BCUT2D eigenvalue weighted by atomic mass is 9.97. The Morgan fingerprint density at radius 1 is 1.45 bits per heavy atom. The molecule has 2 rings (SSSR count). The van der Waals surface area contributed by atoms with Gasteiger partial charge in [0.1, 0.15) is 11.4 Å². The molecule has 4 nitrogen and oxygen atoms in total. The van der Waals surface area contributed by atoms with Crippen LogP contribution in [0.5, 0.6) is 5.75 Å². The third-order valence-electron chi connectivity index (χ3n) is 3.78. The first kappa shape index (κ1) is 15.3. The summed E-state index contributed by atoms with van der Waals surface area (Å²) in [6, 6.07) is 6.55. The highest BCUT2D eigenvalue weighted by Crippen LogP contribution is 2.39. The maximum absolute atomic E-state index is 9.02. The Kier molecular flexibility index (Phi) is 4.68. The molecule has 0 saturated heterocycles. The molecule has 0 spiro atoms. The Hall–Kier alpha value is -1.10. The van der Waals surface area contributed by atoms with Crippen molar-refractivity contribution in [3.05, 3.63) is 29.3 Å². The molecule has 0 saturated carbocycles. The van der Waals surface area contributed by atoms with Crippen LogP contribution >= 0.6 is 0 Å². The Morgan fingerprint density at radius 2 is 2.20 bits per heavy atom. The third-order valence-corrected chi connectivity index (χ3v) is 3.78. The zero-order valence-corrected chi connectivity index (χ0v) is 12.6. The van der Waals surface area contributed by atoms with Gasteiger partial charge in [-0.15, -0.1) is 0 Å². The average molecular weight is 278 g/mol. The minimum atomic E-state index is -0.145. The second kappa shape index (κ2) is 6.12. The molecule has 1 aliphatic heterocycles. The minimum absolute atomic E-state index is 0.0559. The van der Waals surface area contributed by atoms with E-state index in [1.54, 1.807) is 0 Å². The fourth-order valence-electron chi connectivity index (χ4n) is 2.82. The number of para-hydroxylation sites is 1. The fraction of sp³-hybridized carbons (Fsp3) is 0.625. The Balaban J connectivity index is 2.22. The van der Waals surface area contributed by atoms with E-state index in [9.17, 15) is 0 Å². The van der Waals surface area contributed by atoms with E-state index in [0.29, 0.717) is 6.54 Å². The quantitative estimate of drug-likeness (QED) is 0.742. The lowest BCUT2D eigenvalue weighted by Gasteiger charge is -2.25. The van der Waals surface area contributed by atoms with Crippen molar-refractivity contribution in [3.8, 4) is 5.75 Å². The van der Waals surface area contributed by atoms with Crippen molar-refractivity contribution in [3.63, 3.8) is 0 Å². The van der Waals surface area contributed by atoms with Gasteiger partial charge < -0.3 is 20.9 Å². The molecular weight excluding hydrogens is 252 g/mol. The molecule has 0 aliphatic carbocycles. The molecule has 2 atom stereocenters. The number of hydrogen-bond donors (Lipinski definition) is 3. The summed E-state index contributed by atoms with van der Waals surface area (Å²) < 4.78 is 6.10. The van der Waals surface area contributed by atoms with E-state index >= 15 is 0 Å². The molecule has 1 heterocycles. The van der Waals surface area contributed by atoms with Crippen molar-refractivity contribution >= 4 is 0 Å². The van der Waals surface area contributed by atoms with E-state index in [1.165, 1.54) is 5.56 Å². The summed E-state index contributed by atoms with van der Waals surface area (Å²) >= 11 is 0. The van der Waals surface area contributed by atoms with Gasteiger partial charge in [0.25, 0.3) is 0 Å². The van der Waals surface area contributed by atoms with Crippen LogP contribution in [0.1, 0.15) is 44.4 Å². The van der Waals surface area contributed by atoms with E-state index in [1.807, 2.05) is 0 Å². The molecule has 0 amide bonds. The van der Waals surface area contributed by atoms with E-state index < -0.39 is 0 Å². The molecule has 1 aromatic rings. The summed E-state index contributed by atoms with van der Waals surface area (Å²) in [5.41, 5.74) is 8.16. The molecule has 0 radical (unpaired) electrons. The molecule has 0 aromatic heterocycles. The van der Waals surface area contributed by atoms with Gasteiger partial charge in [0, 0.05) is 37.2 Å². The fourth-order valence-corrected chi connectivity index (χ4v) is 2.82. The van der Waals surface area contributed by atoms with Crippen molar-refractivity contribution in [2.75, 3.05) is 13.2 Å². The number of nitrogens with two attached hydrogens (primary N) is 1. The Bertz CT molecular complexity index is 460. The minimum Gasteiger partial charge on any atom is -0.487 e. The lowest BCUT2D eigenvalue weighted by Crippen LogP contribution is -2.36. The molecular formula is C16H26N2O2. The van der Waals surface area contributed by atoms with Gasteiger partial charge in [-0.2, -0.15) is 0 Å². The maximum Gasteiger partial charge on any atom is 0.128 e. The van der Waals surface area contributed by atoms with Gasteiger partial charge >= 0.3 is 0 Å². The van der Waals surface area contributed by atoms with Gasteiger partial charge in [-0.3, -0.25) is 0 Å². The molecule has 2 unspecified atom stereocenters. The highest BCUT2D eigenvalue weighted by atomic mass is 16.5. The van der Waals surface area contributed by atoms with Crippen LogP contribution in [0.2, 0.25) is 0 Å². The standard InChI is InChI=1S/C16H26N2O2/c1-11(7-8-19)18-14(10-17)13-6-4-5-12-9-16(2,3)20-15(12)13/h4-6,11,14,18-19H,7-10,17H2,1-3H3. The normalized spacial score (nSPS) is 19.2. The highest BCUT2D eigenvalue weighted by Gasteiger charge is 2.33. The van der Waals surface area contributed by atoms with Gasteiger partial charge in [-0.1, -0.05) is 18.2 Å². The number of nitrogens with one attached hydrogen (secondary N) is 1. The van der Waals surface area contributed by atoms with Gasteiger partial charge in [0.05, 0.1) is 0 Å². The summed E-state index contributed by atoms with van der Waals surface area (Å²) in [5, 5.41) is 12.5. The first-order chi connectivity index (χ1) is 9.46. The first-order valence-corrected chi connectivity index (χ1v) is 7.34. The SMILES string of the molecule is CC(CCO)NC(CN)c1cccc2c1OC(C)(C)C2. The summed E-state index contributed by atoms with van der Waals surface area (Å²) in [4.78, 5) is 0. The van der Waals surface area contributed by atoms with Crippen LogP contribution in [0.25, 0.3) is 0 Å². The Morgan fingerprint density at radius 3 is 2.85 bits per heavy atom. The van der Waals surface area contributed by atoms with E-state index in [4.69, 9.17) is 15.6 Å². The van der Waals surface area contributed by atoms with Crippen LogP contribution in [-0.4, -0.2) is 29.9 Å². The van der Waals surface area contributed by atoms with Crippen molar-refractivity contribution in [2.45, 2.75) is 51.3 Å². The smallest absolute Gasteiger partial charge is 0.128 e. The number of fused-ring (bicyclic) bond motifs is 1. The maximum atomic E-state index is 9.02. The Labute approximate surface area is 121 Å².